The molecule has 13 heavy (non-hydrogen) atoms. The normalized spacial score (nSPS) is 20.6. The summed E-state index contributed by atoms with van der Waals surface area (Å²) in [5, 5.41) is 2.99. The third-order valence-electron chi connectivity index (χ3n) is 2.40. The van der Waals surface area contributed by atoms with Gasteiger partial charge in [-0.15, -0.1) is 0 Å². The number of nitrogens with one attached hydrogen (secondary N) is 1. The van der Waals surface area contributed by atoms with Crippen LogP contribution < -0.4 is 5.32 Å². The van der Waals surface area contributed by atoms with Gasteiger partial charge in [0.25, 0.3) is 0 Å². The number of hydrogen-bond acceptors (Lipinski definition) is 2. The molecule has 3 heteroatoms. The fourth-order valence-corrected chi connectivity index (χ4v) is 1.32. The molecule has 1 aliphatic heterocycles. The first-order valence-corrected chi connectivity index (χ1v) is 4.80. The van der Waals surface area contributed by atoms with Crippen LogP contribution in [-0.2, 0) is 9.53 Å². The predicted molar refractivity (Wildman–Crippen MR) is 51.4 cm³/mol. The molecule has 1 aliphatic rings. The van der Waals surface area contributed by atoms with Crippen LogP contribution in [-0.4, -0.2) is 24.7 Å². The van der Waals surface area contributed by atoms with Crippen molar-refractivity contribution >= 4 is 5.91 Å². The number of carbonyl (C=O) groups excluding carboxylic acids is 1. The monoisotopic (exact) mass is 185 g/mol. The molecular formula is C10H19NO2. The van der Waals surface area contributed by atoms with E-state index in [4.69, 9.17) is 4.74 Å². The Morgan fingerprint density at radius 1 is 1.46 bits per heavy atom. The number of hydrogen-bond donors (Lipinski definition) is 1. The van der Waals surface area contributed by atoms with Gasteiger partial charge in [-0.2, -0.15) is 0 Å². The van der Waals surface area contributed by atoms with E-state index in [1.165, 1.54) is 0 Å². The molecule has 0 aromatic heterocycles. The first-order valence-electron chi connectivity index (χ1n) is 4.80. The zero-order chi connectivity index (χ0) is 10.1. The summed E-state index contributed by atoms with van der Waals surface area (Å²) in [7, 11) is 0. The second-order valence-electron chi connectivity index (χ2n) is 4.83. The zero-order valence-electron chi connectivity index (χ0n) is 8.94. The van der Waals surface area contributed by atoms with Crippen molar-refractivity contribution in [3.05, 3.63) is 0 Å². The van der Waals surface area contributed by atoms with Gasteiger partial charge in [0.05, 0.1) is 18.6 Å². The van der Waals surface area contributed by atoms with Gasteiger partial charge in [0.1, 0.15) is 0 Å². The minimum Gasteiger partial charge on any atom is -0.379 e. The van der Waals surface area contributed by atoms with E-state index in [2.05, 4.69) is 5.32 Å². The maximum Gasteiger partial charge on any atom is 0.231 e. The molecule has 1 rings (SSSR count). The van der Waals surface area contributed by atoms with Crippen LogP contribution in [0.15, 0.2) is 0 Å². The van der Waals surface area contributed by atoms with Crippen LogP contribution in [0.4, 0.5) is 0 Å². The summed E-state index contributed by atoms with van der Waals surface area (Å²) < 4.78 is 5.10. The van der Waals surface area contributed by atoms with Crippen LogP contribution >= 0.6 is 0 Å². The summed E-state index contributed by atoms with van der Waals surface area (Å²) >= 11 is 0. The van der Waals surface area contributed by atoms with Crippen LogP contribution in [0.2, 0.25) is 0 Å². The van der Waals surface area contributed by atoms with E-state index in [-0.39, 0.29) is 16.9 Å². The number of ether oxygens (including phenoxy) is 1. The van der Waals surface area contributed by atoms with Gasteiger partial charge in [0, 0.05) is 5.54 Å². The van der Waals surface area contributed by atoms with Gasteiger partial charge in [0.2, 0.25) is 5.91 Å². The van der Waals surface area contributed by atoms with E-state index >= 15 is 0 Å². The van der Waals surface area contributed by atoms with Crippen LogP contribution in [0.25, 0.3) is 0 Å². The highest BCUT2D eigenvalue weighted by atomic mass is 16.5. The van der Waals surface area contributed by atoms with E-state index < -0.39 is 0 Å². The summed E-state index contributed by atoms with van der Waals surface area (Å²) in [4.78, 5) is 11.8. The van der Waals surface area contributed by atoms with Crippen molar-refractivity contribution in [2.45, 2.75) is 39.7 Å². The van der Waals surface area contributed by atoms with Crippen molar-refractivity contribution in [1.29, 1.82) is 0 Å². The lowest BCUT2D eigenvalue weighted by atomic mass is 9.81. The third kappa shape index (κ3) is 2.21. The minimum atomic E-state index is -0.243. The second-order valence-corrected chi connectivity index (χ2v) is 4.83. The number of carbonyl (C=O) groups is 1. The zero-order valence-corrected chi connectivity index (χ0v) is 8.94. The summed E-state index contributed by atoms with van der Waals surface area (Å²) in [5.41, 5.74) is -0.387. The van der Waals surface area contributed by atoms with Gasteiger partial charge in [0.15, 0.2) is 0 Å². The van der Waals surface area contributed by atoms with Crippen LogP contribution in [0, 0.1) is 5.41 Å². The second kappa shape index (κ2) is 3.29. The third-order valence-corrected chi connectivity index (χ3v) is 2.40. The van der Waals surface area contributed by atoms with E-state index in [1.54, 1.807) is 0 Å². The fourth-order valence-electron chi connectivity index (χ4n) is 1.32. The van der Waals surface area contributed by atoms with Crippen molar-refractivity contribution in [3.8, 4) is 0 Å². The molecule has 1 heterocycles. The molecule has 0 bridgehead atoms. The average Bonchev–Trinajstić information content (AvgIpc) is 1.80. The van der Waals surface area contributed by atoms with Crippen LogP contribution in [0.3, 0.4) is 0 Å². The molecule has 1 N–H and O–H groups in total. The summed E-state index contributed by atoms with van der Waals surface area (Å²) in [5.74, 6) is 0.133. The predicted octanol–water partition coefficient (Wildman–Crippen LogP) is 1.33. The lowest BCUT2D eigenvalue weighted by Gasteiger charge is -2.40. The van der Waals surface area contributed by atoms with Crippen LogP contribution in [0.1, 0.15) is 34.1 Å². The van der Waals surface area contributed by atoms with E-state index in [0.29, 0.717) is 13.2 Å². The Hall–Kier alpha value is -0.570. The molecule has 0 atom stereocenters. The van der Waals surface area contributed by atoms with Crippen molar-refractivity contribution in [2.24, 2.45) is 5.41 Å². The summed E-state index contributed by atoms with van der Waals surface area (Å²) in [6, 6.07) is 0. The van der Waals surface area contributed by atoms with Crippen molar-refractivity contribution < 1.29 is 9.53 Å². The lowest BCUT2D eigenvalue weighted by Crippen LogP contribution is -2.57. The molecule has 76 valence electrons. The molecule has 1 fully saturated rings. The Morgan fingerprint density at radius 2 is 2.00 bits per heavy atom. The fraction of sp³-hybridized carbons (Fsp3) is 0.900. The first-order chi connectivity index (χ1) is 5.90. The van der Waals surface area contributed by atoms with Gasteiger partial charge in [-0.1, -0.05) is 6.92 Å². The minimum absolute atomic E-state index is 0.133. The van der Waals surface area contributed by atoms with Gasteiger partial charge >= 0.3 is 0 Å². The van der Waals surface area contributed by atoms with Crippen molar-refractivity contribution in [1.82, 2.24) is 5.32 Å². The van der Waals surface area contributed by atoms with E-state index in [0.717, 1.165) is 6.42 Å². The maximum atomic E-state index is 11.8. The SMILES string of the molecule is CCC1(C(=O)NC(C)(C)C)COC1. The Kier molecular flexibility index (Phi) is 2.66. The molecule has 0 aromatic carbocycles. The first kappa shape index (κ1) is 10.5. The lowest BCUT2D eigenvalue weighted by molar-refractivity contribution is -0.163. The standard InChI is InChI=1S/C10H19NO2/c1-5-10(6-13-7-10)8(12)11-9(2,3)4/h5-7H2,1-4H3,(H,11,12). The quantitative estimate of drug-likeness (QED) is 0.704. The molecule has 0 saturated carbocycles. The molecule has 0 radical (unpaired) electrons. The average molecular weight is 185 g/mol. The Morgan fingerprint density at radius 3 is 2.23 bits per heavy atom. The van der Waals surface area contributed by atoms with Crippen molar-refractivity contribution in [2.75, 3.05) is 13.2 Å². The smallest absolute Gasteiger partial charge is 0.231 e. The highest BCUT2D eigenvalue weighted by Crippen LogP contribution is 2.31. The Bertz CT molecular complexity index is 196. The van der Waals surface area contributed by atoms with E-state index in [1.807, 2.05) is 27.7 Å². The molecule has 0 aromatic rings. The molecule has 0 unspecified atom stereocenters. The largest absolute Gasteiger partial charge is 0.379 e. The molecule has 3 nitrogen and oxygen atoms in total. The number of amides is 1. The highest BCUT2D eigenvalue weighted by Gasteiger charge is 2.44. The Balaban J connectivity index is 2.56. The van der Waals surface area contributed by atoms with Gasteiger partial charge in [-0.3, -0.25) is 4.79 Å². The maximum absolute atomic E-state index is 11.8. The summed E-state index contributed by atoms with van der Waals surface area (Å²) in [6.07, 6.45) is 0.856. The molecule has 1 saturated heterocycles. The molecule has 0 aliphatic carbocycles. The van der Waals surface area contributed by atoms with Crippen molar-refractivity contribution in [3.63, 3.8) is 0 Å². The number of rotatable bonds is 2. The molecule has 0 spiro atoms. The highest BCUT2D eigenvalue weighted by molar-refractivity contribution is 5.84. The van der Waals surface area contributed by atoms with Gasteiger partial charge < -0.3 is 10.1 Å². The molecular weight excluding hydrogens is 166 g/mol. The Labute approximate surface area is 79.8 Å². The van der Waals surface area contributed by atoms with Gasteiger partial charge in [-0.05, 0) is 27.2 Å². The topological polar surface area (TPSA) is 38.3 Å². The van der Waals surface area contributed by atoms with E-state index in [9.17, 15) is 4.79 Å². The summed E-state index contributed by atoms with van der Waals surface area (Å²) in [6.45, 7) is 9.16. The van der Waals surface area contributed by atoms with Crippen LogP contribution in [0.5, 0.6) is 0 Å². The van der Waals surface area contributed by atoms with Gasteiger partial charge in [-0.25, -0.2) is 0 Å². The molecule has 1 amide bonds.